The van der Waals surface area contributed by atoms with Crippen molar-refractivity contribution in [1.82, 2.24) is 14.7 Å². The summed E-state index contributed by atoms with van der Waals surface area (Å²) < 4.78 is 5.09. The van der Waals surface area contributed by atoms with Crippen LogP contribution in [0.4, 0.5) is 5.69 Å². The second-order valence-corrected chi connectivity index (χ2v) is 6.91. The molecular weight excluding hydrogens is 304 g/mol. The van der Waals surface area contributed by atoms with Gasteiger partial charge in [0.1, 0.15) is 11.9 Å². The third kappa shape index (κ3) is 3.09. The van der Waals surface area contributed by atoms with E-state index in [9.17, 15) is 4.79 Å². The highest BCUT2D eigenvalue weighted by Gasteiger charge is 2.29. The Morgan fingerprint density at radius 1 is 1.48 bits per heavy atom. The number of rotatable bonds is 5. The summed E-state index contributed by atoms with van der Waals surface area (Å²) in [5.41, 5.74) is 1.91. The third-order valence-corrected chi connectivity index (χ3v) is 5.00. The van der Waals surface area contributed by atoms with Crippen LogP contribution in [0.3, 0.4) is 0 Å². The van der Waals surface area contributed by atoms with Gasteiger partial charge in [-0.1, -0.05) is 24.8 Å². The van der Waals surface area contributed by atoms with E-state index in [2.05, 4.69) is 26.9 Å². The molecule has 3 rings (SSSR count). The molecule has 1 atom stereocenters. The lowest BCUT2D eigenvalue weighted by Crippen LogP contribution is -2.27. The van der Waals surface area contributed by atoms with E-state index in [0.717, 1.165) is 39.3 Å². The lowest BCUT2D eigenvalue weighted by molar-refractivity contribution is -0.117. The van der Waals surface area contributed by atoms with Crippen LogP contribution < -0.4 is 10.6 Å². The van der Waals surface area contributed by atoms with Gasteiger partial charge in [-0.2, -0.15) is 4.37 Å². The highest BCUT2D eigenvalue weighted by molar-refractivity contribution is 8.01. The van der Waals surface area contributed by atoms with Gasteiger partial charge >= 0.3 is 0 Å². The summed E-state index contributed by atoms with van der Waals surface area (Å²) >= 11 is 2.96. The first-order valence-corrected chi connectivity index (χ1v) is 8.42. The fourth-order valence-electron chi connectivity index (χ4n) is 2.22. The van der Waals surface area contributed by atoms with Crippen molar-refractivity contribution < 1.29 is 4.79 Å². The molecule has 21 heavy (non-hydrogen) atoms. The topological polar surface area (TPSA) is 66.9 Å². The molecule has 5 nitrogen and oxygen atoms in total. The molecule has 1 aliphatic heterocycles. The lowest BCUT2D eigenvalue weighted by atomic mass is 10.1. The highest BCUT2D eigenvalue weighted by atomic mass is 32.2. The quantitative estimate of drug-likeness (QED) is 0.886. The van der Waals surface area contributed by atoms with Crippen LogP contribution in [0.5, 0.6) is 0 Å². The number of nitrogens with one attached hydrogen (secondary N) is 2. The predicted molar refractivity (Wildman–Crippen MR) is 84.9 cm³/mol. The Morgan fingerprint density at radius 2 is 2.33 bits per heavy atom. The number of aryl methyl sites for hydroxylation is 1. The second kappa shape index (κ2) is 6.13. The van der Waals surface area contributed by atoms with E-state index in [-0.39, 0.29) is 11.9 Å². The SMILES string of the molecule is CCCNC1C(=O)Nc2cc(Sc3nc(C)ns3)ccc21. The van der Waals surface area contributed by atoms with Crippen molar-refractivity contribution in [3.8, 4) is 0 Å². The Bertz CT molecular complexity index is 671. The zero-order valence-electron chi connectivity index (χ0n) is 11.8. The molecule has 0 bridgehead atoms. The van der Waals surface area contributed by atoms with Gasteiger partial charge in [-0.3, -0.25) is 4.79 Å². The summed E-state index contributed by atoms with van der Waals surface area (Å²) in [5, 5.41) is 6.21. The van der Waals surface area contributed by atoms with Crippen LogP contribution >= 0.6 is 23.3 Å². The maximum Gasteiger partial charge on any atom is 0.246 e. The monoisotopic (exact) mass is 320 g/mol. The number of anilines is 1. The molecule has 2 N–H and O–H groups in total. The van der Waals surface area contributed by atoms with E-state index in [0.29, 0.717) is 0 Å². The number of carbonyl (C=O) groups is 1. The van der Waals surface area contributed by atoms with Crippen LogP contribution in [-0.2, 0) is 4.79 Å². The highest BCUT2D eigenvalue weighted by Crippen LogP contribution is 2.36. The van der Waals surface area contributed by atoms with Crippen molar-refractivity contribution in [2.24, 2.45) is 0 Å². The first-order chi connectivity index (χ1) is 10.2. The van der Waals surface area contributed by atoms with E-state index < -0.39 is 0 Å². The van der Waals surface area contributed by atoms with Gasteiger partial charge in [-0.05, 0) is 43.6 Å². The normalized spacial score (nSPS) is 16.9. The molecule has 1 unspecified atom stereocenters. The molecule has 0 saturated heterocycles. The van der Waals surface area contributed by atoms with Crippen LogP contribution in [0.1, 0.15) is 30.8 Å². The van der Waals surface area contributed by atoms with Crippen molar-refractivity contribution >= 4 is 34.9 Å². The minimum Gasteiger partial charge on any atom is -0.324 e. The van der Waals surface area contributed by atoms with Gasteiger partial charge in [0.25, 0.3) is 0 Å². The smallest absolute Gasteiger partial charge is 0.246 e. The summed E-state index contributed by atoms with van der Waals surface area (Å²) in [7, 11) is 0. The largest absolute Gasteiger partial charge is 0.324 e. The van der Waals surface area contributed by atoms with E-state index in [1.165, 1.54) is 11.5 Å². The zero-order chi connectivity index (χ0) is 14.8. The number of nitrogens with zero attached hydrogens (tertiary/aromatic N) is 2. The van der Waals surface area contributed by atoms with E-state index >= 15 is 0 Å². The van der Waals surface area contributed by atoms with Gasteiger partial charge in [0, 0.05) is 16.1 Å². The molecule has 0 fully saturated rings. The van der Waals surface area contributed by atoms with Gasteiger partial charge in [0.15, 0.2) is 4.34 Å². The maximum absolute atomic E-state index is 12.0. The van der Waals surface area contributed by atoms with Crippen molar-refractivity contribution in [3.63, 3.8) is 0 Å². The molecule has 2 aromatic rings. The molecule has 0 saturated carbocycles. The standard InChI is InChI=1S/C14H16N4OS2/c1-3-6-15-12-10-5-4-9(7-11(10)17-13(12)19)20-14-16-8(2)18-21-14/h4-5,7,12,15H,3,6H2,1-2H3,(H,17,19). The van der Waals surface area contributed by atoms with Crippen LogP contribution in [-0.4, -0.2) is 21.8 Å². The second-order valence-electron chi connectivity index (χ2n) is 4.84. The molecule has 0 aliphatic carbocycles. The molecule has 1 aromatic carbocycles. The number of benzene rings is 1. The molecule has 0 radical (unpaired) electrons. The van der Waals surface area contributed by atoms with Crippen LogP contribution in [0, 0.1) is 6.92 Å². The van der Waals surface area contributed by atoms with Crippen LogP contribution in [0.2, 0.25) is 0 Å². The first-order valence-electron chi connectivity index (χ1n) is 6.83. The predicted octanol–water partition coefficient (Wildman–Crippen LogP) is 2.99. The van der Waals surface area contributed by atoms with E-state index in [1.54, 1.807) is 11.8 Å². The summed E-state index contributed by atoms with van der Waals surface area (Å²) in [4.78, 5) is 17.4. The Morgan fingerprint density at radius 3 is 3.05 bits per heavy atom. The Kier molecular flexibility index (Phi) is 4.23. The summed E-state index contributed by atoms with van der Waals surface area (Å²) in [6.45, 7) is 4.80. The molecule has 1 amide bonds. The Labute approximate surface area is 131 Å². The molecule has 1 aliphatic rings. The molecular formula is C14H16N4OS2. The number of carbonyl (C=O) groups excluding carboxylic acids is 1. The fourth-order valence-corrected chi connectivity index (χ4v) is 3.88. The zero-order valence-corrected chi connectivity index (χ0v) is 13.5. The van der Waals surface area contributed by atoms with Crippen molar-refractivity contribution in [3.05, 3.63) is 29.6 Å². The van der Waals surface area contributed by atoms with E-state index in [4.69, 9.17) is 0 Å². The number of aromatic nitrogens is 2. The van der Waals surface area contributed by atoms with Gasteiger partial charge < -0.3 is 10.6 Å². The van der Waals surface area contributed by atoms with Crippen molar-refractivity contribution in [2.75, 3.05) is 11.9 Å². The van der Waals surface area contributed by atoms with Crippen LogP contribution in [0.25, 0.3) is 0 Å². The van der Waals surface area contributed by atoms with Crippen LogP contribution in [0.15, 0.2) is 27.4 Å². The molecule has 2 heterocycles. The summed E-state index contributed by atoms with van der Waals surface area (Å²) in [5.74, 6) is 0.813. The average molecular weight is 320 g/mol. The van der Waals surface area contributed by atoms with Gasteiger partial charge in [0.2, 0.25) is 5.91 Å². The van der Waals surface area contributed by atoms with Gasteiger partial charge in [0.05, 0.1) is 0 Å². The lowest BCUT2D eigenvalue weighted by Gasteiger charge is -2.10. The number of fused-ring (bicyclic) bond motifs is 1. The maximum atomic E-state index is 12.0. The molecule has 0 spiro atoms. The van der Waals surface area contributed by atoms with Gasteiger partial charge in [-0.25, -0.2) is 4.98 Å². The molecule has 7 heteroatoms. The average Bonchev–Trinajstić information content (AvgIpc) is 2.99. The minimum atomic E-state index is -0.234. The van der Waals surface area contributed by atoms with E-state index in [1.807, 2.05) is 25.1 Å². The number of hydrogen-bond acceptors (Lipinski definition) is 6. The Balaban J connectivity index is 1.79. The third-order valence-electron chi connectivity index (χ3n) is 3.17. The molecule has 1 aromatic heterocycles. The van der Waals surface area contributed by atoms with Crippen molar-refractivity contribution in [2.45, 2.75) is 35.5 Å². The fraction of sp³-hybridized carbons (Fsp3) is 0.357. The molecule has 110 valence electrons. The number of amides is 1. The Hall–Kier alpha value is -1.44. The summed E-state index contributed by atoms with van der Waals surface area (Å²) in [6, 6.07) is 5.81. The minimum absolute atomic E-state index is 0.0207. The van der Waals surface area contributed by atoms with Crippen molar-refractivity contribution in [1.29, 1.82) is 0 Å². The van der Waals surface area contributed by atoms with Gasteiger partial charge in [-0.15, -0.1) is 0 Å². The number of hydrogen-bond donors (Lipinski definition) is 2. The first kappa shape index (κ1) is 14.5. The summed E-state index contributed by atoms with van der Waals surface area (Å²) in [6.07, 6.45) is 1.00.